The first-order chi connectivity index (χ1) is 11.7. The second-order valence-electron chi connectivity index (χ2n) is 6.11. The van der Waals surface area contributed by atoms with Crippen molar-refractivity contribution in [3.8, 4) is 6.07 Å². The van der Waals surface area contributed by atoms with E-state index < -0.39 is 11.4 Å². The fourth-order valence-corrected chi connectivity index (χ4v) is 3.45. The summed E-state index contributed by atoms with van der Waals surface area (Å²) in [6, 6.07) is 15.5. The summed E-state index contributed by atoms with van der Waals surface area (Å²) in [5.74, 6) is -0.772. The molecule has 0 spiro atoms. The van der Waals surface area contributed by atoms with Crippen molar-refractivity contribution in [3.05, 3.63) is 71.0 Å². The summed E-state index contributed by atoms with van der Waals surface area (Å²) < 4.78 is 19.8. The molecule has 0 bridgehead atoms. The molecular weight excluding hydrogens is 305 g/mol. The van der Waals surface area contributed by atoms with Crippen LogP contribution in [0.5, 0.6) is 0 Å². The van der Waals surface area contributed by atoms with Gasteiger partial charge in [0, 0.05) is 11.1 Å². The van der Waals surface area contributed by atoms with Gasteiger partial charge in [0.25, 0.3) is 0 Å². The molecule has 0 radical (unpaired) electrons. The van der Waals surface area contributed by atoms with Gasteiger partial charge < -0.3 is 4.74 Å². The molecule has 0 unspecified atom stereocenters. The van der Waals surface area contributed by atoms with Crippen LogP contribution in [0, 0.1) is 17.1 Å². The highest BCUT2D eigenvalue weighted by atomic mass is 19.1. The number of halogens is 1. The van der Waals surface area contributed by atoms with Gasteiger partial charge in [0.2, 0.25) is 0 Å². The maximum Gasteiger partial charge on any atom is 0.317 e. The molecule has 0 amide bonds. The van der Waals surface area contributed by atoms with Crippen molar-refractivity contribution in [3.63, 3.8) is 0 Å². The van der Waals surface area contributed by atoms with Crippen molar-refractivity contribution in [2.75, 3.05) is 0 Å². The number of hydrogen-bond donors (Lipinski definition) is 0. The number of nitrogens with zero attached hydrogens (tertiary/aromatic N) is 1. The molecule has 1 fully saturated rings. The number of carbonyl (C=O) groups is 1. The summed E-state index contributed by atoms with van der Waals surface area (Å²) in [6.07, 6.45) is 2.93. The zero-order valence-electron chi connectivity index (χ0n) is 13.3. The van der Waals surface area contributed by atoms with Gasteiger partial charge >= 0.3 is 5.97 Å². The summed E-state index contributed by atoms with van der Waals surface area (Å²) in [5.41, 5.74) is 0.653. The average molecular weight is 323 g/mol. The van der Waals surface area contributed by atoms with Crippen molar-refractivity contribution in [1.29, 1.82) is 5.26 Å². The van der Waals surface area contributed by atoms with Crippen molar-refractivity contribution in [1.82, 2.24) is 0 Å². The molecule has 1 aliphatic carbocycles. The smallest absolute Gasteiger partial charge is 0.317 e. The predicted octanol–water partition coefficient (Wildman–Crippen LogP) is 4.25. The Morgan fingerprint density at radius 1 is 1.12 bits per heavy atom. The van der Waals surface area contributed by atoms with Crippen molar-refractivity contribution >= 4 is 5.97 Å². The number of ether oxygens (including phenoxy) is 1. The molecule has 3 rings (SSSR count). The van der Waals surface area contributed by atoms with Crippen molar-refractivity contribution in [2.24, 2.45) is 0 Å². The third-order valence-electron chi connectivity index (χ3n) is 4.73. The fourth-order valence-electron chi connectivity index (χ4n) is 3.45. The molecule has 0 saturated heterocycles. The Morgan fingerprint density at radius 3 is 2.50 bits per heavy atom. The van der Waals surface area contributed by atoms with Crippen LogP contribution in [-0.4, -0.2) is 5.97 Å². The van der Waals surface area contributed by atoms with E-state index in [0.717, 1.165) is 12.8 Å². The zero-order valence-corrected chi connectivity index (χ0v) is 13.3. The second-order valence-corrected chi connectivity index (χ2v) is 6.11. The van der Waals surface area contributed by atoms with Crippen LogP contribution >= 0.6 is 0 Å². The normalized spacial score (nSPS) is 15.7. The SMILES string of the molecule is N#Cc1ccccc1COC(=O)C1(c2ccccc2F)CCCC1. The Balaban J connectivity index is 1.84. The Kier molecular flexibility index (Phi) is 4.61. The lowest BCUT2D eigenvalue weighted by atomic mass is 9.78. The fraction of sp³-hybridized carbons (Fsp3) is 0.300. The largest absolute Gasteiger partial charge is 0.460 e. The summed E-state index contributed by atoms with van der Waals surface area (Å²) in [6.45, 7) is 0.0266. The van der Waals surface area contributed by atoms with E-state index >= 15 is 0 Å². The first kappa shape index (κ1) is 16.2. The molecule has 0 aromatic heterocycles. The van der Waals surface area contributed by atoms with Crippen LogP contribution in [0.25, 0.3) is 0 Å². The van der Waals surface area contributed by atoms with Crippen LogP contribution < -0.4 is 0 Å². The zero-order chi connectivity index (χ0) is 17.0. The van der Waals surface area contributed by atoms with E-state index in [-0.39, 0.29) is 12.4 Å². The lowest BCUT2D eigenvalue weighted by Gasteiger charge is -2.27. The highest BCUT2D eigenvalue weighted by Gasteiger charge is 2.45. The maximum absolute atomic E-state index is 14.3. The topological polar surface area (TPSA) is 50.1 Å². The monoisotopic (exact) mass is 323 g/mol. The molecule has 3 nitrogen and oxygen atoms in total. The van der Waals surface area contributed by atoms with E-state index in [0.29, 0.717) is 29.5 Å². The summed E-state index contributed by atoms with van der Waals surface area (Å²) in [7, 11) is 0. The van der Waals surface area contributed by atoms with Crippen molar-refractivity contribution < 1.29 is 13.9 Å². The summed E-state index contributed by atoms with van der Waals surface area (Å²) in [5, 5.41) is 9.12. The molecular formula is C20H18FNO2. The second kappa shape index (κ2) is 6.84. The van der Waals surface area contributed by atoms with E-state index in [2.05, 4.69) is 6.07 Å². The van der Waals surface area contributed by atoms with E-state index in [1.165, 1.54) is 6.07 Å². The molecule has 1 saturated carbocycles. The molecule has 0 atom stereocenters. The van der Waals surface area contributed by atoms with Gasteiger partial charge in [0.05, 0.1) is 17.0 Å². The van der Waals surface area contributed by atoms with Gasteiger partial charge in [0.15, 0.2) is 0 Å². The minimum absolute atomic E-state index is 0.0266. The van der Waals surface area contributed by atoms with Crippen LogP contribution in [0.2, 0.25) is 0 Å². The molecule has 122 valence electrons. The van der Waals surface area contributed by atoms with Gasteiger partial charge in [-0.25, -0.2) is 4.39 Å². The van der Waals surface area contributed by atoms with Crippen LogP contribution in [0.3, 0.4) is 0 Å². The van der Waals surface area contributed by atoms with Gasteiger partial charge in [-0.3, -0.25) is 4.79 Å². The molecule has 4 heteroatoms. The van der Waals surface area contributed by atoms with E-state index in [1.807, 2.05) is 0 Å². The molecule has 1 aliphatic rings. The van der Waals surface area contributed by atoms with E-state index in [1.54, 1.807) is 42.5 Å². The van der Waals surface area contributed by atoms with Gasteiger partial charge in [0.1, 0.15) is 12.4 Å². The van der Waals surface area contributed by atoms with Crippen molar-refractivity contribution in [2.45, 2.75) is 37.7 Å². The lowest BCUT2D eigenvalue weighted by Crippen LogP contribution is -2.35. The quantitative estimate of drug-likeness (QED) is 0.790. The van der Waals surface area contributed by atoms with Crippen LogP contribution in [0.15, 0.2) is 48.5 Å². The third kappa shape index (κ3) is 2.90. The first-order valence-electron chi connectivity index (χ1n) is 8.07. The average Bonchev–Trinajstić information content (AvgIpc) is 3.11. The molecule has 0 N–H and O–H groups in total. The maximum atomic E-state index is 14.3. The van der Waals surface area contributed by atoms with Crippen LogP contribution in [-0.2, 0) is 21.6 Å². The molecule has 2 aromatic carbocycles. The number of nitriles is 1. The molecule has 0 aliphatic heterocycles. The molecule has 2 aromatic rings. The van der Waals surface area contributed by atoms with Gasteiger partial charge in [-0.1, -0.05) is 49.2 Å². The number of carbonyl (C=O) groups excluding carboxylic acids is 1. The van der Waals surface area contributed by atoms with E-state index in [4.69, 9.17) is 10.00 Å². The standard InChI is InChI=1S/C20H18FNO2/c21-18-10-4-3-9-17(18)20(11-5-6-12-20)19(23)24-14-16-8-2-1-7-15(16)13-22/h1-4,7-10H,5-6,11-12,14H2. The first-order valence-corrected chi connectivity index (χ1v) is 8.07. The Morgan fingerprint density at radius 2 is 1.79 bits per heavy atom. The highest BCUT2D eigenvalue weighted by molar-refractivity contribution is 5.83. The summed E-state index contributed by atoms with van der Waals surface area (Å²) in [4.78, 5) is 12.8. The molecule has 24 heavy (non-hydrogen) atoms. The predicted molar refractivity (Wildman–Crippen MR) is 87.5 cm³/mol. The highest BCUT2D eigenvalue weighted by Crippen LogP contribution is 2.43. The number of rotatable bonds is 4. The number of hydrogen-bond acceptors (Lipinski definition) is 3. The number of esters is 1. The minimum Gasteiger partial charge on any atom is -0.460 e. The lowest BCUT2D eigenvalue weighted by molar-refractivity contribution is -0.152. The Bertz CT molecular complexity index is 788. The Labute approximate surface area is 140 Å². The minimum atomic E-state index is -0.910. The van der Waals surface area contributed by atoms with Crippen LogP contribution in [0.4, 0.5) is 4.39 Å². The summed E-state index contributed by atoms with van der Waals surface area (Å²) >= 11 is 0. The Hall–Kier alpha value is -2.67. The van der Waals surface area contributed by atoms with E-state index in [9.17, 15) is 9.18 Å². The van der Waals surface area contributed by atoms with Crippen LogP contribution in [0.1, 0.15) is 42.4 Å². The third-order valence-corrected chi connectivity index (χ3v) is 4.73. The van der Waals surface area contributed by atoms with Gasteiger partial charge in [-0.05, 0) is 25.0 Å². The van der Waals surface area contributed by atoms with Gasteiger partial charge in [-0.2, -0.15) is 5.26 Å². The molecule has 0 heterocycles. The van der Waals surface area contributed by atoms with Gasteiger partial charge in [-0.15, -0.1) is 0 Å². The number of benzene rings is 2.